The van der Waals surface area contributed by atoms with Crippen LogP contribution in [0.5, 0.6) is 5.75 Å². The van der Waals surface area contributed by atoms with Crippen molar-refractivity contribution in [2.24, 2.45) is 0 Å². The van der Waals surface area contributed by atoms with Crippen molar-refractivity contribution in [1.82, 2.24) is 10.6 Å². The number of carbonyl (C=O) groups excluding carboxylic acids is 2. The van der Waals surface area contributed by atoms with Gasteiger partial charge in [-0.2, -0.15) is 0 Å². The molecule has 3 amide bonds. The quantitative estimate of drug-likeness (QED) is 0.759. The Balaban J connectivity index is 2.54. The van der Waals surface area contributed by atoms with Crippen LogP contribution in [0.1, 0.15) is 32.4 Å². The van der Waals surface area contributed by atoms with Gasteiger partial charge < -0.3 is 15.2 Å². The Bertz CT molecular complexity index is 457. The first-order chi connectivity index (χ1) is 9.43. The minimum absolute atomic E-state index is 0.440. The fourth-order valence-electron chi connectivity index (χ4n) is 1.50. The Morgan fingerprint density at radius 2 is 1.85 bits per heavy atom. The van der Waals surface area contributed by atoms with E-state index in [1.54, 1.807) is 45.0 Å². The van der Waals surface area contributed by atoms with Crippen LogP contribution in [-0.2, 0) is 4.79 Å². The van der Waals surface area contributed by atoms with E-state index < -0.39 is 24.1 Å². The van der Waals surface area contributed by atoms with Crippen LogP contribution in [0.4, 0.5) is 4.79 Å². The van der Waals surface area contributed by atoms with Crippen molar-refractivity contribution in [3.05, 3.63) is 29.8 Å². The van der Waals surface area contributed by atoms with E-state index >= 15 is 0 Å². The number of carbonyl (C=O) groups is 2. The van der Waals surface area contributed by atoms with Crippen LogP contribution < -0.4 is 15.4 Å². The molecule has 1 unspecified atom stereocenters. The molecule has 0 saturated carbocycles. The zero-order chi connectivity index (χ0) is 15.1. The molecule has 6 nitrogen and oxygen atoms in total. The van der Waals surface area contributed by atoms with Gasteiger partial charge in [-0.1, -0.05) is 12.1 Å². The van der Waals surface area contributed by atoms with Crippen LogP contribution in [-0.4, -0.2) is 29.7 Å². The van der Waals surface area contributed by atoms with Crippen molar-refractivity contribution in [3.63, 3.8) is 0 Å². The molecule has 0 radical (unpaired) electrons. The first-order valence-electron chi connectivity index (χ1n) is 6.47. The fourth-order valence-corrected chi connectivity index (χ4v) is 1.50. The summed E-state index contributed by atoms with van der Waals surface area (Å²) < 4.78 is 5.42. The Labute approximate surface area is 118 Å². The van der Waals surface area contributed by atoms with E-state index in [1.807, 2.05) is 0 Å². The molecule has 3 N–H and O–H groups in total. The zero-order valence-corrected chi connectivity index (χ0v) is 11.8. The first kappa shape index (κ1) is 16.0. The van der Waals surface area contributed by atoms with E-state index in [-0.39, 0.29) is 0 Å². The lowest BCUT2D eigenvalue weighted by Gasteiger charge is -2.15. The van der Waals surface area contributed by atoms with Gasteiger partial charge in [0.25, 0.3) is 5.91 Å². The summed E-state index contributed by atoms with van der Waals surface area (Å²) in [5, 5.41) is 14.0. The second kappa shape index (κ2) is 7.49. The Morgan fingerprint density at radius 1 is 1.25 bits per heavy atom. The van der Waals surface area contributed by atoms with E-state index in [1.165, 1.54) is 0 Å². The van der Waals surface area contributed by atoms with Crippen molar-refractivity contribution in [1.29, 1.82) is 0 Å². The number of benzene rings is 1. The molecule has 0 aliphatic carbocycles. The number of ether oxygens (including phenoxy) is 1. The molecular formula is C14H20N2O4. The summed E-state index contributed by atoms with van der Waals surface area (Å²) in [7, 11) is 0. The molecule has 0 aromatic heterocycles. The molecule has 1 rings (SSSR count). The van der Waals surface area contributed by atoms with Gasteiger partial charge in [-0.3, -0.25) is 10.1 Å². The molecule has 110 valence electrons. The smallest absolute Gasteiger partial charge is 0.321 e. The van der Waals surface area contributed by atoms with Crippen LogP contribution in [0, 0.1) is 0 Å². The third-order valence-electron chi connectivity index (χ3n) is 2.62. The molecule has 0 fully saturated rings. The molecule has 20 heavy (non-hydrogen) atoms. The minimum atomic E-state index is -0.796. The van der Waals surface area contributed by atoms with E-state index in [4.69, 9.17) is 4.74 Å². The van der Waals surface area contributed by atoms with Gasteiger partial charge in [0, 0.05) is 6.54 Å². The maximum absolute atomic E-state index is 11.7. The van der Waals surface area contributed by atoms with Gasteiger partial charge in [-0.05, 0) is 38.5 Å². The van der Waals surface area contributed by atoms with Gasteiger partial charge in [-0.25, -0.2) is 4.79 Å². The predicted molar refractivity (Wildman–Crippen MR) is 74.4 cm³/mol. The molecule has 0 heterocycles. The lowest BCUT2D eigenvalue weighted by atomic mass is 10.1. The SMILES string of the molecule is CCNC(=O)NC(=O)C(C)Oc1ccc([C@H](C)O)cc1. The summed E-state index contributed by atoms with van der Waals surface area (Å²) in [5.74, 6) is -0.0245. The van der Waals surface area contributed by atoms with E-state index in [0.717, 1.165) is 5.56 Å². The lowest BCUT2D eigenvalue weighted by Crippen LogP contribution is -2.45. The Kier molecular flexibility index (Phi) is 5.99. The molecule has 0 spiro atoms. The standard InChI is InChI=1S/C14H20N2O4/c1-4-15-14(19)16-13(18)10(3)20-12-7-5-11(6-8-12)9(2)17/h5-10,17H,4H2,1-3H3,(H2,15,16,18,19)/t9-,10?/m0/s1. The van der Waals surface area contributed by atoms with Gasteiger partial charge in [-0.15, -0.1) is 0 Å². The first-order valence-corrected chi connectivity index (χ1v) is 6.47. The van der Waals surface area contributed by atoms with Crippen molar-refractivity contribution < 1.29 is 19.4 Å². The van der Waals surface area contributed by atoms with Gasteiger partial charge in [0.15, 0.2) is 6.10 Å². The average Bonchev–Trinajstić information content (AvgIpc) is 2.39. The molecule has 2 atom stereocenters. The molecule has 0 bridgehead atoms. The van der Waals surface area contributed by atoms with Crippen LogP contribution in [0.25, 0.3) is 0 Å². The molecule has 0 aliphatic heterocycles. The number of urea groups is 1. The van der Waals surface area contributed by atoms with Crippen LogP contribution in [0.3, 0.4) is 0 Å². The second-order valence-electron chi connectivity index (χ2n) is 4.35. The summed E-state index contributed by atoms with van der Waals surface area (Å²) in [5.41, 5.74) is 0.761. The third kappa shape index (κ3) is 4.89. The average molecular weight is 280 g/mol. The maximum Gasteiger partial charge on any atom is 0.321 e. The van der Waals surface area contributed by atoms with Crippen molar-refractivity contribution in [2.75, 3.05) is 6.54 Å². The number of amides is 3. The number of nitrogens with one attached hydrogen (secondary N) is 2. The Morgan fingerprint density at radius 3 is 2.35 bits per heavy atom. The van der Waals surface area contributed by atoms with Crippen molar-refractivity contribution in [3.8, 4) is 5.75 Å². The van der Waals surface area contributed by atoms with Crippen molar-refractivity contribution in [2.45, 2.75) is 33.0 Å². The highest BCUT2D eigenvalue weighted by atomic mass is 16.5. The number of hydrogen-bond donors (Lipinski definition) is 3. The van der Waals surface area contributed by atoms with Gasteiger partial charge in [0.05, 0.1) is 6.10 Å². The number of imide groups is 1. The monoisotopic (exact) mass is 280 g/mol. The highest BCUT2D eigenvalue weighted by molar-refractivity contribution is 5.96. The minimum Gasteiger partial charge on any atom is -0.481 e. The molecule has 1 aromatic carbocycles. The van der Waals surface area contributed by atoms with Crippen LogP contribution >= 0.6 is 0 Å². The Hall–Kier alpha value is -2.08. The normalized spacial score (nSPS) is 13.2. The fraction of sp³-hybridized carbons (Fsp3) is 0.429. The topological polar surface area (TPSA) is 87.7 Å². The lowest BCUT2D eigenvalue weighted by molar-refractivity contribution is -0.126. The number of rotatable bonds is 5. The summed E-state index contributed by atoms with van der Waals surface area (Å²) in [4.78, 5) is 22.9. The summed E-state index contributed by atoms with van der Waals surface area (Å²) in [6, 6.07) is 6.22. The largest absolute Gasteiger partial charge is 0.481 e. The van der Waals surface area contributed by atoms with E-state index in [0.29, 0.717) is 12.3 Å². The third-order valence-corrected chi connectivity index (χ3v) is 2.62. The van der Waals surface area contributed by atoms with Gasteiger partial charge >= 0.3 is 6.03 Å². The predicted octanol–water partition coefficient (Wildman–Crippen LogP) is 1.35. The zero-order valence-electron chi connectivity index (χ0n) is 11.8. The van der Waals surface area contributed by atoms with Crippen LogP contribution in [0.2, 0.25) is 0 Å². The molecule has 0 aliphatic rings. The number of hydrogen-bond acceptors (Lipinski definition) is 4. The summed E-state index contributed by atoms with van der Waals surface area (Å²) in [6.07, 6.45) is -1.35. The molecule has 6 heteroatoms. The highest BCUT2D eigenvalue weighted by Crippen LogP contribution is 2.18. The molecule has 1 aromatic rings. The summed E-state index contributed by atoms with van der Waals surface area (Å²) >= 11 is 0. The highest BCUT2D eigenvalue weighted by Gasteiger charge is 2.17. The summed E-state index contributed by atoms with van der Waals surface area (Å²) in [6.45, 7) is 5.41. The van der Waals surface area contributed by atoms with Gasteiger partial charge in [0.2, 0.25) is 0 Å². The molecular weight excluding hydrogens is 260 g/mol. The maximum atomic E-state index is 11.7. The van der Waals surface area contributed by atoms with Crippen LogP contribution in [0.15, 0.2) is 24.3 Å². The molecule has 0 saturated heterocycles. The second-order valence-corrected chi connectivity index (χ2v) is 4.35. The number of aliphatic hydroxyl groups is 1. The number of aliphatic hydroxyl groups excluding tert-OH is 1. The van der Waals surface area contributed by atoms with Gasteiger partial charge in [0.1, 0.15) is 5.75 Å². The van der Waals surface area contributed by atoms with E-state index in [9.17, 15) is 14.7 Å². The van der Waals surface area contributed by atoms with E-state index in [2.05, 4.69) is 10.6 Å². The van der Waals surface area contributed by atoms with Crippen molar-refractivity contribution >= 4 is 11.9 Å².